The van der Waals surface area contributed by atoms with Crippen molar-refractivity contribution < 1.29 is 27.5 Å². The third-order valence-corrected chi connectivity index (χ3v) is 12.9. The van der Waals surface area contributed by atoms with Crippen LogP contribution in [0.15, 0.2) is 43.1 Å². The van der Waals surface area contributed by atoms with Crippen molar-refractivity contribution >= 4 is 25.8 Å². The molecule has 0 spiro atoms. The molecule has 2 bridgehead atoms. The molecular formula is C37H59N3O6Si. The summed E-state index contributed by atoms with van der Waals surface area (Å²) in [6.45, 7) is 14.6. The molecule has 0 aliphatic carbocycles. The molecule has 0 radical (unpaired) electrons. The molecule has 47 heavy (non-hydrogen) atoms. The zero-order chi connectivity index (χ0) is 33.5. The van der Waals surface area contributed by atoms with Crippen LogP contribution in [-0.4, -0.2) is 77.4 Å². The first-order valence-corrected chi connectivity index (χ1v) is 20.1. The van der Waals surface area contributed by atoms with Gasteiger partial charge in [-0.25, -0.2) is 4.79 Å². The van der Waals surface area contributed by atoms with E-state index in [2.05, 4.69) is 27.9 Å². The van der Waals surface area contributed by atoms with Crippen LogP contribution in [0.25, 0.3) is 10.9 Å². The Balaban J connectivity index is 1.22. The Kier molecular flexibility index (Phi) is 15.5. The number of aromatic nitrogens is 1. The lowest BCUT2D eigenvalue weighted by Gasteiger charge is -2.51. The largest absolute Gasteiger partial charge is 0.500 e. The summed E-state index contributed by atoms with van der Waals surface area (Å²) >= 11 is 0. The Labute approximate surface area is 284 Å². The lowest BCUT2D eigenvalue weighted by Crippen LogP contribution is -2.55. The minimum absolute atomic E-state index is 0.115. The fourth-order valence-corrected chi connectivity index (χ4v) is 10.1. The molecule has 9 nitrogen and oxygen atoms in total. The Morgan fingerprint density at radius 1 is 1.02 bits per heavy atom. The molecule has 3 fully saturated rings. The second kappa shape index (κ2) is 19.5. The van der Waals surface area contributed by atoms with Crippen LogP contribution in [0.4, 0.5) is 4.79 Å². The highest BCUT2D eigenvalue weighted by Crippen LogP contribution is 2.43. The van der Waals surface area contributed by atoms with Gasteiger partial charge in [0.2, 0.25) is 0 Å². The number of benzene rings is 1. The van der Waals surface area contributed by atoms with Gasteiger partial charge in [-0.3, -0.25) is 9.88 Å². The number of ether oxygens (including phenoxy) is 2. The van der Waals surface area contributed by atoms with E-state index >= 15 is 0 Å². The molecular weight excluding hydrogens is 611 g/mol. The molecule has 2 aromatic rings. The monoisotopic (exact) mass is 669 g/mol. The Hall–Kier alpha value is -2.50. The number of fused-ring (bicyclic) bond motifs is 4. The number of unbranched alkanes of at least 4 members (excludes halogenated alkanes) is 7. The number of piperidine rings is 3. The Morgan fingerprint density at radius 3 is 2.32 bits per heavy atom. The number of methoxy groups -OCH3 is 1. The highest BCUT2D eigenvalue weighted by molar-refractivity contribution is 6.60. The number of nitrogens with zero attached hydrogens (tertiary/aromatic N) is 2. The number of amides is 1. The zero-order valence-corrected chi connectivity index (χ0v) is 30.3. The van der Waals surface area contributed by atoms with Gasteiger partial charge in [0.1, 0.15) is 11.9 Å². The summed E-state index contributed by atoms with van der Waals surface area (Å²) in [6.07, 6.45) is 14.4. The van der Waals surface area contributed by atoms with E-state index in [0.717, 1.165) is 73.5 Å². The van der Waals surface area contributed by atoms with Crippen molar-refractivity contribution in [2.45, 2.75) is 103 Å². The number of alkyl carbamates (subject to hydrolysis) is 1. The van der Waals surface area contributed by atoms with E-state index < -0.39 is 14.9 Å². The molecule has 3 aliphatic heterocycles. The van der Waals surface area contributed by atoms with E-state index in [1.807, 2.05) is 51.2 Å². The second-order valence-corrected chi connectivity index (χ2v) is 15.6. The van der Waals surface area contributed by atoms with Gasteiger partial charge >= 0.3 is 14.9 Å². The summed E-state index contributed by atoms with van der Waals surface area (Å²) in [7, 11) is -0.849. The number of rotatable bonds is 22. The van der Waals surface area contributed by atoms with Crippen molar-refractivity contribution in [2.24, 2.45) is 11.8 Å². The number of nitrogens with one attached hydrogen (secondary N) is 1. The predicted molar refractivity (Wildman–Crippen MR) is 190 cm³/mol. The first-order chi connectivity index (χ1) is 23.0. The van der Waals surface area contributed by atoms with E-state index in [9.17, 15) is 4.79 Å². The fourth-order valence-electron chi connectivity index (χ4n) is 7.44. The van der Waals surface area contributed by atoms with E-state index in [-0.39, 0.29) is 12.1 Å². The minimum Gasteiger partial charge on any atom is -0.497 e. The number of carbonyl (C=O) groups excluding carboxylic acids is 1. The maximum atomic E-state index is 13.3. The summed E-state index contributed by atoms with van der Waals surface area (Å²) < 4.78 is 29.8. The number of hydrogen-bond acceptors (Lipinski definition) is 8. The van der Waals surface area contributed by atoms with Crippen LogP contribution in [0, 0.1) is 11.8 Å². The predicted octanol–water partition coefficient (Wildman–Crippen LogP) is 8.08. The molecule has 5 atom stereocenters. The molecule has 1 unspecified atom stereocenters. The molecule has 1 aromatic heterocycles. The summed E-state index contributed by atoms with van der Waals surface area (Å²) in [5, 5.41) is 4.02. The van der Waals surface area contributed by atoms with Crippen molar-refractivity contribution in [3.8, 4) is 5.75 Å². The summed E-state index contributed by atoms with van der Waals surface area (Å²) in [5.41, 5.74) is 1.85. The molecule has 5 rings (SSSR count). The maximum absolute atomic E-state index is 13.3. The van der Waals surface area contributed by atoms with Crippen LogP contribution < -0.4 is 10.1 Å². The van der Waals surface area contributed by atoms with E-state index in [1.54, 1.807) is 7.11 Å². The van der Waals surface area contributed by atoms with Crippen LogP contribution in [-0.2, 0) is 18.0 Å². The third kappa shape index (κ3) is 10.5. The highest BCUT2D eigenvalue weighted by atomic mass is 28.4. The number of carbonyl (C=O) groups is 1. The van der Waals surface area contributed by atoms with Crippen molar-refractivity contribution in [3.05, 3.63) is 48.7 Å². The van der Waals surface area contributed by atoms with E-state index in [0.29, 0.717) is 38.2 Å². The highest BCUT2D eigenvalue weighted by Gasteiger charge is 2.44. The van der Waals surface area contributed by atoms with E-state index in [4.69, 9.17) is 22.8 Å². The minimum atomic E-state index is -2.52. The Bertz CT molecular complexity index is 1230. The van der Waals surface area contributed by atoms with Crippen LogP contribution in [0.3, 0.4) is 0 Å². The zero-order valence-electron chi connectivity index (χ0n) is 29.3. The molecule has 1 amide bonds. The van der Waals surface area contributed by atoms with Crippen LogP contribution in [0.1, 0.15) is 96.6 Å². The van der Waals surface area contributed by atoms with Crippen molar-refractivity contribution in [1.29, 1.82) is 0 Å². The van der Waals surface area contributed by atoms with Crippen LogP contribution >= 0.6 is 0 Å². The lowest BCUT2D eigenvalue weighted by atomic mass is 9.73. The van der Waals surface area contributed by atoms with Crippen LogP contribution in [0.5, 0.6) is 5.75 Å². The van der Waals surface area contributed by atoms with Crippen molar-refractivity contribution in [2.75, 3.05) is 46.6 Å². The van der Waals surface area contributed by atoms with Gasteiger partial charge in [-0.2, -0.15) is 0 Å². The second-order valence-electron chi connectivity index (χ2n) is 12.8. The number of pyridine rings is 1. The number of hydrogen-bond donors (Lipinski definition) is 1. The van der Waals surface area contributed by atoms with Crippen molar-refractivity contribution in [3.63, 3.8) is 0 Å². The standard InChI is InChI=1S/C37H59N3O6Si/c1-6-29-28-40-24-21-30(29)26-35(40)36(32-20-23-38-34-19-18-31(42-5)27-33(32)34)46-37(41)39-22-16-14-12-10-11-13-15-17-25-47(43-7-2,44-8-3)45-9-4/h6,18-20,23,27,29-30,35-36H,1,7-17,21-22,24-26,28H2,2-5H3,(H,39,41)/t29-,30-,35-,36+/m0/s1. The normalized spacial score (nSPS) is 21.4. The molecule has 1 aromatic carbocycles. The summed E-state index contributed by atoms with van der Waals surface area (Å²) in [5.74, 6) is 1.82. The van der Waals surface area contributed by atoms with Crippen molar-refractivity contribution in [1.82, 2.24) is 15.2 Å². The molecule has 1 N–H and O–H groups in total. The summed E-state index contributed by atoms with van der Waals surface area (Å²) in [6, 6.07) is 8.91. The van der Waals surface area contributed by atoms with Gasteiger partial charge < -0.3 is 28.1 Å². The first-order valence-electron chi connectivity index (χ1n) is 18.1. The van der Waals surface area contributed by atoms with Crippen LogP contribution in [0.2, 0.25) is 6.04 Å². The van der Waals surface area contributed by atoms with E-state index in [1.165, 1.54) is 32.1 Å². The smallest absolute Gasteiger partial charge is 0.497 e. The first kappa shape index (κ1) is 37.3. The molecule has 10 heteroatoms. The SMILES string of the molecule is C=C[C@H]1CN2CC[C@H]1C[C@H]2[C@H](OC(=O)NCCCCCCCCCC[Si](OCC)(OCC)OCC)c1ccnc2ccc(OC)cc12. The molecule has 3 saturated heterocycles. The maximum Gasteiger partial charge on any atom is 0.500 e. The topological polar surface area (TPSA) is 91.4 Å². The quantitative estimate of drug-likeness (QED) is 0.0765. The van der Waals surface area contributed by atoms with Gasteiger partial charge in [0.05, 0.1) is 18.7 Å². The summed E-state index contributed by atoms with van der Waals surface area (Å²) in [4.78, 5) is 20.3. The third-order valence-electron chi connectivity index (χ3n) is 9.80. The van der Waals surface area contributed by atoms with Gasteiger partial charge in [0, 0.05) is 56.1 Å². The lowest BCUT2D eigenvalue weighted by molar-refractivity contribution is -0.0497. The van der Waals surface area contributed by atoms with Gasteiger partial charge in [0.25, 0.3) is 0 Å². The molecule has 262 valence electrons. The average Bonchev–Trinajstić information content (AvgIpc) is 3.09. The van der Waals surface area contributed by atoms with Gasteiger partial charge in [0.15, 0.2) is 0 Å². The van der Waals surface area contributed by atoms with Gasteiger partial charge in [-0.1, -0.05) is 44.6 Å². The molecule has 3 aliphatic rings. The molecule has 0 saturated carbocycles. The fraction of sp³-hybridized carbons (Fsp3) is 0.676. The van der Waals surface area contributed by atoms with Gasteiger partial charge in [-0.15, -0.1) is 6.58 Å². The van der Waals surface area contributed by atoms with Gasteiger partial charge in [-0.05, 0) is 89.1 Å². The Morgan fingerprint density at radius 2 is 1.70 bits per heavy atom. The average molecular weight is 670 g/mol. The molecule has 4 heterocycles.